The van der Waals surface area contributed by atoms with E-state index in [9.17, 15) is 0 Å². The molecule has 0 radical (unpaired) electrons. The van der Waals surface area contributed by atoms with Gasteiger partial charge in [0.15, 0.2) is 0 Å². The highest BCUT2D eigenvalue weighted by molar-refractivity contribution is 6.30. The second-order valence-corrected chi connectivity index (χ2v) is 4.94. The molecule has 0 amide bonds. The summed E-state index contributed by atoms with van der Waals surface area (Å²) in [6.07, 6.45) is 0.772. The van der Waals surface area contributed by atoms with Crippen molar-refractivity contribution in [1.82, 2.24) is 9.97 Å². The number of para-hydroxylation sites is 1. The lowest BCUT2D eigenvalue weighted by Gasteiger charge is -2.23. The van der Waals surface area contributed by atoms with Gasteiger partial charge in [-0.1, -0.05) is 36.7 Å². The van der Waals surface area contributed by atoms with E-state index >= 15 is 0 Å². The van der Waals surface area contributed by atoms with Crippen LogP contribution in [0.25, 0.3) is 0 Å². The van der Waals surface area contributed by atoms with Gasteiger partial charge in [-0.25, -0.2) is 9.97 Å². The Labute approximate surface area is 119 Å². The molecule has 0 saturated heterocycles. The predicted octanol–water partition coefficient (Wildman–Crippen LogP) is 4.08. The molecule has 19 heavy (non-hydrogen) atoms. The topological polar surface area (TPSA) is 29.0 Å². The highest BCUT2D eigenvalue weighted by Crippen LogP contribution is 2.30. The first kappa shape index (κ1) is 13.8. The minimum atomic E-state index is 0.530. The van der Waals surface area contributed by atoms with Gasteiger partial charge in [0.1, 0.15) is 16.8 Å². The molecule has 0 aliphatic heterocycles. The summed E-state index contributed by atoms with van der Waals surface area (Å²) >= 11 is 6.19. The molecule has 1 heterocycles. The summed E-state index contributed by atoms with van der Waals surface area (Å²) in [4.78, 5) is 10.9. The van der Waals surface area contributed by atoms with Crippen LogP contribution in [0.4, 0.5) is 11.5 Å². The first-order valence-corrected chi connectivity index (χ1v) is 6.74. The van der Waals surface area contributed by atoms with E-state index in [2.05, 4.69) is 33.9 Å². The number of anilines is 2. The maximum atomic E-state index is 6.19. The summed E-state index contributed by atoms with van der Waals surface area (Å²) in [5, 5.41) is 0.530. The standard InChI is InChI=1S/C15H18ClN3/c1-5-13-17-14(16)11(3)15(18-13)19(4)12-9-7-6-8-10(12)2/h6-9H,5H2,1-4H3. The highest BCUT2D eigenvalue weighted by Gasteiger charge is 2.14. The van der Waals surface area contributed by atoms with E-state index in [-0.39, 0.29) is 0 Å². The molecule has 0 atom stereocenters. The molecule has 1 aromatic heterocycles. The maximum absolute atomic E-state index is 6.19. The third kappa shape index (κ3) is 2.71. The second-order valence-electron chi connectivity index (χ2n) is 4.58. The van der Waals surface area contributed by atoms with Gasteiger partial charge < -0.3 is 4.90 Å². The maximum Gasteiger partial charge on any atom is 0.140 e. The summed E-state index contributed by atoms with van der Waals surface area (Å²) in [7, 11) is 2.01. The quantitative estimate of drug-likeness (QED) is 0.791. The number of rotatable bonds is 3. The largest absolute Gasteiger partial charge is 0.329 e. The van der Waals surface area contributed by atoms with Crippen LogP contribution < -0.4 is 4.90 Å². The average molecular weight is 276 g/mol. The van der Waals surface area contributed by atoms with Crippen molar-refractivity contribution in [3.05, 3.63) is 46.4 Å². The molecule has 100 valence electrons. The molecule has 0 saturated carbocycles. The van der Waals surface area contributed by atoms with Gasteiger partial charge in [0.25, 0.3) is 0 Å². The fourth-order valence-corrected chi connectivity index (χ4v) is 2.24. The van der Waals surface area contributed by atoms with Crippen LogP contribution in [-0.4, -0.2) is 17.0 Å². The zero-order valence-electron chi connectivity index (χ0n) is 11.7. The molecular formula is C15H18ClN3. The Balaban J connectivity index is 2.52. The van der Waals surface area contributed by atoms with E-state index in [0.29, 0.717) is 5.15 Å². The summed E-state index contributed by atoms with van der Waals surface area (Å²) in [5.74, 6) is 1.64. The van der Waals surface area contributed by atoms with Gasteiger partial charge in [0.05, 0.1) is 0 Å². The summed E-state index contributed by atoms with van der Waals surface area (Å²) < 4.78 is 0. The van der Waals surface area contributed by atoms with Crippen molar-refractivity contribution in [3.8, 4) is 0 Å². The number of hydrogen-bond acceptors (Lipinski definition) is 3. The third-order valence-corrected chi connectivity index (χ3v) is 3.59. The van der Waals surface area contributed by atoms with E-state index in [1.54, 1.807) is 0 Å². The first-order chi connectivity index (χ1) is 9.04. The van der Waals surface area contributed by atoms with E-state index in [0.717, 1.165) is 29.3 Å². The number of halogens is 1. The Kier molecular flexibility index (Phi) is 4.05. The van der Waals surface area contributed by atoms with Crippen LogP contribution in [0.5, 0.6) is 0 Å². The van der Waals surface area contributed by atoms with E-state index < -0.39 is 0 Å². The molecule has 0 spiro atoms. The van der Waals surface area contributed by atoms with Crippen LogP contribution in [0.2, 0.25) is 5.15 Å². The Morgan fingerprint density at radius 3 is 2.47 bits per heavy atom. The van der Waals surface area contributed by atoms with Gasteiger partial charge in [-0.15, -0.1) is 0 Å². The Morgan fingerprint density at radius 1 is 1.16 bits per heavy atom. The Bertz CT molecular complexity index is 596. The summed E-state index contributed by atoms with van der Waals surface area (Å²) in [5.41, 5.74) is 3.24. The molecule has 2 rings (SSSR count). The van der Waals surface area contributed by atoms with Crippen molar-refractivity contribution in [2.75, 3.05) is 11.9 Å². The van der Waals surface area contributed by atoms with Crippen LogP contribution in [0, 0.1) is 13.8 Å². The van der Waals surface area contributed by atoms with Crippen LogP contribution in [0.3, 0.4) is 0 Å². The molecular weight excluding hydrogens is 258 g/mol. The minimum Gasteiger partial charge on any atom is -0.329 e. The highest BCUT2D eigenvalue weighted by atomic mass is 35.5. The van der Waals surface area contributed by atoms with Gasteiger partial charge in [-0.3, -0.25) is 0 Å². The van der Waals surface area contributed by atoms with Crippen molar-refractivity contribution in [3.63, 3.8) is 0 Å². The summed E-state index contributed by atoms with van der Waals surface area (Å²) in [6, 6.07) is 8.22. The van der Waals surface area contributed by atoms with Crippen LogP contribution in [-0.2, 0) is 6.42 Å². The molecule has 0 fully saturated rings. The van der Waals surface area contributed by atoms with Gasteiger partial charge >= 0.3 is 0 Å². The van der Waals surface area contributed by atoms with Crippen molar-refractivity contribution in [1.29, 1.82) is 0 Å². The monoisotopic (exact) mass is 275 g/mol. The normalized spacial score (nSPS) is 10.6. The van der Waals surface area contributed by atoms with Gasteiger partial charge in [-0.2, -0.15) is 0 Å². The van der Waals surface area contributed by atoms with E-state index in [4.69, 9.17) is 11.6 Å². The average Bonchev–Trinajstić information content (AvgIpc) is 2.41. The first-order valence-electron chi connectivity index (χ1n) is 6.37. The lowest BCUT2D eigenvalue weighted by Crippen LogP contribution is -2.15. The second kappa shape index (κ2) is 5.57. The van der Waals surface area contributed by atoms with Gasteiger partial charge in [-0.05, 0) is 25.5 Å². The fraction of sp³-hybridized carbons (Fsp3) is 0.333. The molecule has 4 heteroatoms. The molecule has 0 N–H and O–H groups in total. The third-order valence-electron chi connectivity index (χ3n) is 3.22. The van der Waals surface area contributed by atoms with Crippen LogP contribution >= 0.6 is 11.6 Å². The van der Waals surface area contributed by atoms with Gasteiger partial charge in [0, 0.05) is 24.7 Å². The minimum absolute atomic E-state index is 0.530. The molecule has 0 aliphatic carbocycles. The number of benzene rings is 1. The Morgan fingerprint density at radius 2 is 1.84 bits per heavy atom. The number of aryl methyl sites for hydroxylation is 2. The molecule has 2 aromatic rings. The zero-order chi connectivity index (χ0) is 14.0. The predicted molar refractivity (Wildman–Crippen MR) is 80.4 cm³/mol. The SMILES string of the molecule is CCc1nc(Cl)c(C)c(N(C)c2ccccc2C)n1. The summed E-state index contributed by atoms with van der Waals surface area (Å²) in [6.45, 7) is 6.06. The van der Waals surface area contributed by atoms with Crippen molar-refractivity contribution >= 4 is 23.1 Å². The van der Waals surface area contributed by atoms with Crippen molar-refractivity contribution < 1.29 is 0 Å². The van der Waals surface area contributed by atoms with E-state index in [1.165, 1.54) is 5.56 Å². The number of hydrogen-bond donors (Lipinski definition) is 0. The zero-order valence-corrected chi connectivity index (χ0v) is 12.5. The molecule has 1 aromatic carbocycles. The molecule has 0 unspecified atom stereocenters. The number of aromatic nitrogens is 2. The van der Waals surface area contributed by atoms with E-state index in [1.807, 2.05) is 33.0 Å². The van der Waals surface area contributed by atoms with Crippen molar-refractivity contribution in [2.24, 2.45) is 0 Å². The van der Waals surface area contributed by atoms with Gasteiger partial charge in [0.2, 0.25) is 0 Å². The molecule has 0 aliphatic rings. The molecule has 3 nitrogen and oxygen atoms in total. The van der Waals surface area contributed by atoms with Crippen molar-refractivity contribution in [2.45, 2.75) is 27.2 Å². The number of nitrogens with zero attached hydrogens (tertiary/aromatic N) is 3. The van der Waals surface area contributed by atoms with Crippen LogP contribution in [0.15, 0.2) is 24.3 Å². The van der Waals surface area contributed by atoms with Crippen LogP contribution in [0.1, 0.15) is 23.9 Å². The smallest absolute Gasteiger partial charge is 0.140 e. The fourth-order valence-electron chi connectivity index (χ4n) is 2.06. The Hall–Kier alpha value is -1.61. The lowest BCUT2D eigenvalue weighted by molar-refractivity contribution is 0.914. The lowest BCUT2D eigenvalue weighted by atomic mass is 10.2. The molecule has 0 bridgehead atoms.